The predicted octanol–water partition coefficient (Wildman–Crippen LogP) is 1.34. The fraction of sp³-hybridized carbons (Fsp3) is 0.600. The molecule has 0 atom stereocenters. The molecule has 0 radical (unpaired) electrons. The molecule has 2 aromatic rings. The van der Waals surface area contributed by atoms with Gasteiger partial charge in [0.1, 0.15) is 11.0 Å². The highest BCUT2D eigenvalue weighted by Gasteiger charge is 2.32. The van der Waals surface area contributed by atoms with E-state index in [4.69, 9.17) is 4.84 Å². The van der Waals surface area contributed by atoms with Crippen molar-refractivity contribution in [1.29, 1.82) is 0 Å². The Hall–Kier alpha value is -1.66. The van der Waals surface area contributed by atoms with Crippen LogP contribution in [0.15, 0.2) is 24.3 Å². The quantitative estimate of drug-likeness (QED) is 0.849. The summed E-state index contributed by atoms with van der Waals surface area (Å²) in [6.45, 7) is 4.42. The van der Waals surface area contributed by atoms with Crippen LogP contribution in [-0.2, 0) is 0 Å². The van der Waals surface area contributed by atoms with Gasteiger partial charge in [-0.1, -0.05) is 17.0 Å². The number of aromatic nitrogens is 3. The fourth-order valence-corrected chi connectivity index (χ4v) is 3.30. The Morgan fingerprint density at radius 2 is 1.52 bits per heavy atom. The van der Waals surface area contributed by atoms with Crippen LogP contribution in [0.25, 0.3) is 11.0 Å². The second kappa shape index (κ2) is 5.61. The third-order valence-corrected chi connectivity index (χ3v) is 4.42. The zero-order valence-corrected chi connectivity index (χ0v) is 12.2. The number of benzene rings is 1. The molecule has 2 fully saturated rings. The minimum atomic E-state index is -0.0138. The Labute approximate surface area is 124 Å². The molecule has 112 valence electrons. The number of likely N-dealkylation sites (tertiary alicyclic amines) is 2. The van der Waals surface area contributed by atoms with E-state index in [0.717, 1.165) is 37.2 Å². The molecule has 0 amide bonds. The van der Waals surface area contributed by atoms with Gasteiger partial charge >= 0.3 is 0 Å². The summed E-state index contributed by atoms with van der Waals surface area (Å²) in [6.07, 6.45) is 5.01. The molecule has 1 aromatic heterocycles. The highest BCUT2D eigenvalue weighted by atomic mass is 16.7. The highest BCUT2D eigenvalue weighted by Crippen LogP contribution is 2.19. The van der Waals surface area contributed by atoms with Crippen molar-refractivity contribution in [2.45, 2.75) is 32.0 Å². The smallest absolute Gasteiger partial charge is 0.238 e. The summed E-state index contributed by atoms with van der Waals surface area (Å²) in [6, 6.07) is 7.93. The largest absolute Gasteiger partial charge is 0.359 e. The summed E-state index contributed by atoms with van der Waals surface area (Å²) in [5, 5.41) is 8.34. The van der Waals surface area contributed by atoms with Gasteiger partial charge in [-0.2, -0.15) is 0 Å². The van der Waals surface area contributed by atoms with Crippen LogP contribution in [0.2, 0.25) is 0 Å². The number of para-hydroxylation sites is 1. The van der Waals surface area contributed by atoms with Crippen LogP contribution in [-0.4, -0.2) is 57.5 Å². The summed E-state index contributed by atoms with van der Waals surface area (Å²) in [5.74, 6) is 0. The Kier molecular flexibility index (Phi) is 3.48. The zero-order chi connectivity index (χ0) is 14.1. The molecule has 0 N–H and O–H groups in total. The monoisotopic (exact) mass is 287 g/mol. The minimum Gasteiger partial charge on any atom is -0.359 e. The number of hydrogen-bond donors (Lipinski definition) is 0. The Morgan fingerprint density at radius 1 is 0.905 bits per heavy atom. The molecule has 0 spiro atoms. The van der Waals surface area contributed by atoms with Gasteiger partial charge in [-0.15, -0.1) is 5.10 Å². The molecule has 0 bridgehead atoms. The minimum absolute atomic E-state index is 0.0138. The van der Waals surface area contributed by atoms with E-state index in [0.29, 0.717) is 0 Å². The standard InChI is InChI=1S/C15H21N5O/c1-2-8-14-13(7-1)16-17-20(14)21-15(18-9-3-4-10-18)19-11-5-6-12-19/h1-2,7-8,15H,3-6,9-12H2. The van der Waals surface area contributed by atoms with Crippen LogP contribution < -0.4 is 4.84 Å². The van der Waals surface area contributed by atoms with Crippen LogP contribution in [0.1, 0.15) is 25.7 Å². The Bertz CT molecular complexity index is 585. The molecule has 3 heterocycles. The summed E-state index contributed by atoms with van der Waals surface area (Å²) in [4.78, 5) is 12.7. The predicted molar refractivity (Wildman–Crippen MR) is 79.5 cm³/mol. The molecular formula is C15H21N5O. The van der Waals surface area contributed by atoms with Crippen LogP contribution in [0.3, 0.4) is 0 Å². The second-order valence-corrected chi connectivity index (χ2v) is 5.87. The van der Waals surface area contributed by atoms with Crippen LogP contribution in [0.5, 0.6) is 0 Å². The van der Waals surface area contributed by atoms with Gasteiger partial charge in [0.15, 0.2) is 0 Å². The molecule has 6 heteroatoms. The first kappa shape index (κ1) is 13.0. The van der Waals surface area contributed by atoms with Gasteiger partial charge in [-0.05, 0) is 43.0 Å². The van der Waals surface area contributed by atoms with Gasteiger partial charge in [0.05, 0.1) is 0 Å². The van der Waals surface area contributed by atoms with Crippen LogP contribution in [0.4, 0.5) is 0 Å². The first-order valence-corrected chi connectivity index (χ1v) is 7.87. The summed E-state index contributed by atoms with van der Waals surface area (Å²) in [7, 11) is 0. The summed E-state index contributed by atoms with van der Waals surface area (Å²) in [5.41, 5.74) is 1.81. The van der Waals surface area contributed by atoms with Crippen molar-refractivity contribution < 1.29 is 4.84 Å². The molecule has 4 rings (SSSR count). The molecule has 6 nitrogen and oxygen atoms in total. The molecule has 2 aliphatic rings. The van der Waals surface area contributed by atoms with Gasteiger partial charge in [-0.3, -0.25) is 9.80 Å². The van der Waals surface area contributed by atoms with Gasteiger partial charge in [-0.25, -0.2) is 0 Å². The molecule has 2 aliphatic heterocycles. The average Bonchev–Trinajstić information content (AvgIpc) is 3.26. The maximum atomic E-state index is 6.23. The van der Waals surface area contributed by atoms with E-state index in [2.05, 4.69) is 20.1 Å². The van der Waals surface area contributed by atoms with Crippen molar-refractivity contribution in [3.05, 3.63) is 24.3 Å². The van der Waals surface area contributed by atoms with E-state index in [1.807, 2.05) is 24.3 Å². The third kappa shape index (κ3) is 2.49. The number of fused-ring (bicyclic) bond motifs is 1. The fourth-order valence-electron chi connectivity index (χ4n) is 3.30. The van der Waals surface area contributed by atoms with Crippen molar-refractivity contribution in [3.63, 3.8) is 0 Å². The van der Waals surface area contributed by atoms with Crippen molar-refractivity contribution in [1.82, 2.24) is 25.0 Å². The SMILES string of the molecule is c1ccc2c(c1)nnn2OC(N1CCCC1)N1CCCC1. The lowest BCUT2D eigenvalue weighted by Crippen LogP contribution is -2.52. The van der Waals surface area contributed by atoms with Gasteiger partial charge in [0.2, 0.25) is 6.35 Å². The van der Waals surface area contributed by atoms with Gasteiger partial charge in [0, 0.05) is 26.2 Å². The lowest BCUT2D eigenvalue weighted by atomic mass is 10.3. The highest BCUT2D eigenvalue weighted by molar-refractivity contribution is 5.73. The van der Waals surface area contributed by atoms with E-state index in [1.165, 1.54) is 25.7 Å². The first-order valence-electron chi connectivity index (χ1n) is 7.87. The van der Waals surface area contributed by atoms with Crippen molar-refractivity contribution in [2.75, 3.05) is 26.2 Å². The van der Waals surface area contributed by atoms with Crippen molar-refractivity contribution in [2.24, 2.45) is 0 Å². The third-order valence-electron chi connectivity index (χ3n) is 4.42. The topological polar surface area (TPSA) is 46.4 Å². The molecule has 2 saturated heterocycles. The lowest BCUT2D eigenvalue weighted by Gasteiger charge is -2.33. The van der Waals surface area contributed by atoms with E-state index < -0.39 is 0 Å². The molecule has 21 heavy (non-hydrogen) atoms. The Morgan fingerprint density at radius 3 is 2.19 bits per heavy atom. The van der Waals surface area contributed by atoms with Crippen LogP contribution in [0, 0.1) is 0 Å². The average molecular weight is 287 g/mol. The first-order chi connectivity index (χ1) is 10.4. The van der Waals surface area contributed by atoms with E-state index in [-0.39, 0.29) is 6.35 Å². The maximum absolute atomic E-state index is 6.23. The summed E-state index contributed by atoms with van der Waals surface area (Å²) >= 11 is 0. The van der Waals surface area contributed by atoms with Gasteiger partial charge < -0.3 is 4.84 Å². The van der Waals surface area contributed by atoms with Crippen molar-refractivity contribution >= 4 is 11.0 Å². The molecule has 0 unspecified atom stereocenters. The van der Waals surface area contributed by atoms with Crippen LogP contribution >= 0.6 is 0 Å². The van der Waals surface area contributed by atoms with E-state index in [1.54, 1.807) is 4.85 Å². The lowest BCUT2D eigenvalue weighted by molar-refractivity contribution is -0.149. The van der Waals surface area contributed by atoms with E-state index >= 15 is 0 Å². The molecular weight excluding hydrogens is 266 g/mol. The molecule has 0 aliphatic carbocycles. The van der Waals surface area contributed by atoms with Gasteiger partial charge in [0.25, 0.3) is 0 Å². The maximum Gasteiger partial charge on any atom is 0.238 e. The summed E-state index contributed by atoms with van der Waals surface area (Å²) < 4.78 is 0. The second-order valence-electron chi connectivity index (χ2n) is 5.87. The zero-order valence-electron chi connectivity index (χ0n) is 12.2. The number of rotatable bonds is 4. The Balaban J connectivity index is 1.61. The number of nitrogens with zero attached hydrogens (tertiary/aromatic N) is 5. The number of hydrogen-bond acceptors (Lipinski definition) is 5. The normalized spacial score (nSPS) is 20.8. The van der Waals surface area contributed by atoms with Crippen molar-refractivity contribution in [3.8, 4) is 0 Å². The van der Waals surface area contributed by atoms with E-state index in [9.17, 15) is 0 Å². The molecule has 0 saturated carbocycles. The molecule has 1 aromatic carbocycles.